The second kappa shape index (κ2) is 13.3. The predicted molar refractivity (Wildman–Crippen MR) is 153 cm³/mol. The number of likely N-dealkylation sites (tertiary alicyclic amines) is 1. The van der Waals surface area contributed by atoms with Crippen LogP contribution in [0.1, 0.15) is 48.3 Å². The number of halogens is 3. The van der Waals surface area contributed by atoms with Gasteiger partial charge < -0.3 is 21.3 Å². The fourth-order valence-corrected chi connectivity index (χ4v) is 4.74. The number of amides is 2. The van der Waals surface area contributed by atoms with Crippen LogP contribution < -0.4 is 16.4 Å². The van der Waals surface area contributed by atoms with Crippen LogP contribution in [0.2, 0.25) is 0 Å². The molecule has 0 radical (unpaired) electrons. The lowest BCUT2D eigenvalue weighted by molar-refractivity contribution is -0.137. The number of hydrogen-bond acceptors (Lipinski definition) is 4. The molecule has 0 aliphatic carbocycles. The van der Waals surface area contributed by atoms with Crippen LogP contribution in [0.25, 0.3) is 6.08 Å². The maximum absolute atomic E-state index is 13.3. The van der Waals surface area contributed by atoms with Crippen LogP contribution in [0.4, 0.5) is 30.2 Å². The zero-order valence-electron chi connectivity index (χ0n) is 22.1. The Balaban J connectivity index is 1.43. The van der Waals surface area contributed by atoms with E-state index in [-0.39, 0.29) is 11.8 Å². The van der Waals surface area contributed by atoms with E-state index in [1.165, 1.54) is 31.1 Å². The molecule has 2 amide bonds. The van der Waals surface area contributed by atoms with E-state index in [0.29, 0.717) is 23.5 Å². The topological polar surface area (TPSA) is 87.5 Å². The number of nitrogens with zero attached hydrogens (tertiary/aromatic N) is 1. The average Bonchev–Trinajstić information content (AvgIpc) is 3.45. The summed E-state index contributed by atoms with van der Waals surface area (Å²) in [6.45, 7) is 3.02. The summed E-state index contributed by atoms with van der Waals surface area (Å²) >= 11 is 0. The van der Waals surface area contributed by atoms with E-state index in [2.05, 4.69) is 15.5 Å². The minimum Gasteiger partial charge on any atom is -0.397 e. The second-order valence-electron chi connectivity index (χ2n) is 9.88. The third-order valence-corrected chi connectivity index (χ3v) is 6.95. The number of carbonyl (C=O) groups excluding carboxylic acids is 2. The third-order valence-electron chi connectivity index (χ3n) is 6.95. The van der Waals surface area contributed by atoms with E-state index in [9.17, 15) is 22.8 Å². The van der Waals surface area contributed by atoms with Crippen molar-refractivity contribution in [3.63, 3.8) is 0 Å². The fourth-order valence-electron chi connectivity index (χ4n) is 4.74. The molecule has 0 bridgehead atoms. The quantitative estimate of drug-likeness (QED) is 0.198. The highest BCUT2D eigenvalue weighted by atomic mass is 19.4. The van der Waals surface area contributed by atoms with Gasteiger partial charge >= 0.3 is 6.18 Å². The number of nitrogens with one attached hydrogen (secondary N) is 2. The van der Waals surface area contributed by atoms with Gasteiger partial charge in [-0.2, -0.15) is 13.2 Å². The van der Waals surface area contributed by atoms with E-state index in [0.717, 1.165) is 49.3 Å². The highest BCUT2D eigenvalue weighted by Gasteiger charge is 2.30. The summed E-state index contributed by atoms with van der Waals surface area (Å²) in [5.74, 6) is -1.07. The van der Waals surface area contributed by atoms with Crippen molar-refractivity contribution in [3.05, 3.63) is 95.6 Å². The summed E-state index contributed by atoms with van der Waals surface area (Å²) in [5, 5.41) is 5.52. The molecule has 0 saturated carbocycles. The number of alkyl halides is 3. The van der Waals surface area contributed by atoms with Gasteiger partial charge in [0.2, 0.25) is 11.8 Å². The molecular formula is C31H33F3N4O2. The molecule has 9 heteroatoms. The molecule has 0 spiro atoms. The van der Waals surface area contributed by atoms with Crippen molar-refractivity contribution in [2.24, 2.45) is 0 Å². The van der Waals surface area contributed by atoms with Gasteiger partial charge in [-0.3, -0.25) is 9.59 Å². The van der Waals surface area contributed by atoms with Crippen molar-refractivity contribution < 1.29 is 22.8 Å². The summed E-state index contributed by atoms with van der Waals surface area (Å²) in [5.41, 5.74) is 7.99. The van der Waals surface area contributed by atoms with Gasteiger partial charge in [0.25, 0.3) is 0 Å². The Morgan fingerprint density at radius 2 is 1.60 bits per heavy atom. The first kappa shape index (κ1) is 28.9. The standard InChI is InChI=1S/C31H33F3N4O2/c32-31(33,34)24-14-16-25(17-15-24)36-30(40)26(6-5-21-38-19-3-4-20-38)23-12-9-22(10-13-23)11-18-29(39)37-28-8-2-1-7-27(28)35/h1-2,7-18,26H,3-6,19-21,35H2,(H,36,40)(H,37,39)/b18-11+. The van der Waals surface area contributed by atoms with Crippen molar-refractivity contribution in [1.29, 1.82) is 0 Å². The largest absolute Gasteiger partial charge is 0.416 e. The summed E-state index contributed by atoms with van der Waals surface area (Å²) in [7, 11) is 0. The molecule has 0 aromatic heterocycles. The smallest absolute Gasteiger partial charge is 0.397 e. The number of rotatable bonds is 10. The fraction of sp³-hybridized carbons (Fsp3) is 0.290. The van der Waals surface area contributed by atoms with Gasteiger partial charge in [-0.1, -0.05) is 36.4 Å². The lowest BCUT2D eigenvalue weighted by Gasteiger charge is -2.20. The second-order valence-corrected chi connectivity index (χ2v) is 9.88. The molecule has 1 atom stereocenters. The third kappa shape index (κ3) is 8.19. The van der Waals surface area contributed by atoms with Crippen LogP contribution in [-0.4, -0.2) is 36.3 Å². The molecule has 210 valence electrons. The summed E-state index contributed by atoms with van der Waals surface area (Å²) in [6, 6.07) is 18.8. The van der Waals surface area contributed by atoms with Gasteiger partial charge in [-0.25, -0.2) is 0 Å². The molecule has 6 nitrogen and oxygen atoms in total. The zero-order chi connectivity index (χ0) is 28.5. The van der Waals surface area contributed by atoms with Crippen molar-refractivity contribution in [2.75, 3.05) is 36.0 Å². The molecule has 3 aromatic carbocycles. The van der Waals surface area contributed by atoms with Crippen molar-refractivity contribution in [1.82, 2.24) is 4.90 Å². The molecular weight excluding hydrogens is 517 g/mol. The average molecular weight is 551 g/mol. The molecule has 4 N–H and O–H groups in total. The van der Waals surface area contributed by atoms with Crippen LogP contribution in [0.15, 0.2) is 78.9 Å². The Morgan fingerprint density at radius 3 is 2.25 bits per heavy atom. The first-order valence-electron chi connectivity index (χ1n) is 13.3. The van der Waals surface area contributed by atoms with Crippen molar-refractivity contribution in [2.45, 2.75) is 37.8 Å². The van der Waals surface area contributed by atoms with Gasteiger partial charge in [-0.15, -0.1) is 0 Å². The summed E-state index contributed by atoms with van der Waals surface area (Å²) < 4.78 is 38.8. The minimum absolute atomic E-state index is 0.274. The number of hydrogen-bond donors (Lipinski definition) is 3. The van der Waals surface area contributed by atoms with E-state index < -0.39 is 17.7 Å². The first-order valence-corrected chi connectivity index (χ1v) is 13.3. The SMILES string of the molecule is Nc1ccccc1NC(=O)/C=C/c1ccc(C(CCCN2CCCC2)C(=O)Nc2ccc(C(F)(F)F)cc2)cc1. The molecule has 40 heavy (non-hydrogen) atoms. The molecule has 1 aliphatic rings. The maximum atomic E-state index is 13.3. The van der Waals surface area contributed by atoms with E-state index >= 15 is 0 Å². The number of nitrogens with two attached hydrogens (primary N) is 1. The monoisotopic (exact) mass is 550 g/mol. The van der Waals surface area contributed by atoms with Crippen LogP contribution in [0.5, 0.6) is 0 Å². The number of carbonyl (C=O) groups is 2. The van der Waals surface area contributed by atoms with Crippen LogP contribution in [-0.2, 0) is 15.8 Å². The van der Waals surface area contributed by atoms with E-state index in [1.54, 1.807) is 30.3 Å². The molecule has 1 fully saturated rings. The summed E-state index contributed by atoms with van der Waals surface area (Å²) in [6.07, 6.45) is 2.42. The highest BCUT2D eigenvalue weighted by molar-refractivity contribution is 6.03. The van der Waals surface area contributed by atoms with Gasteiger partial charge in [-0.05, 0) is 98.9 Å². The zero-order valence-corrected chi connectivity index (χ0v) is 22.1. The molecule has 4 rings (SSSR count). The van der Waals surface area contributed by atoms with Gasteiger partial charge in [0.05, 0.1) is 22.9 Å². The molecule has 1 unspecified atom stereocenters. The van der Waals surface area contributed by atoms with E-state index in [1.807, 2.05) is 24.3 Å². The normalized spacial score (nSPS) is 14.8. The molecule has 1 aliphatic heterocycles. The van der Waals surface area contributed by atoms with Gasteiger partial charge in [0.15, 0.2) is 0 Å². The highest BCUT2D eigenvalue weighted by Crippen LogP contribution is 2.30. The van der Waals surface area contributed by atoms with E-state index in [4.69, 9.17) is 5.73 Å². The van der Waals surface area contributed by atoms with Crippen LogP contribution >= 0.6 is 0 Å². The first-order chi connectivity index (χ1) is 19.2. The number of nitrogen functional groups attached to an aromatic ring is 1. The Labute approximate surface area is 232 Å². The predicted octanol–water partition coefficient (Wildman–Crippen LogP) is 6.54. The number of anilines is 3. The Morgan fingerprint density at radius 1 is 0.925 bits per heavy atom. The molecule has 3 aromatic rings. The lowest BCUT2D eigenvalue weighted by atomic mass is 9.92. The minimum atomic E-state index is -4.44. The lowest BCUT2D eigenvalue weighted by Crippen LogP contribution is -2.24. The Bertz CT molecular complexity index is 1320. The van der Waals surface area contributed by atoms with Crippen LogP contribution in [0.3, 0.4) is 0 Å². The number of benzene rings is 3. The number of para-hydroxylation sites is 2. The molecule has 1 heterocycles. The van der Waals surface area contributed by atoms with Gasteiger partial charge in [0, 0.05) is 11.8 Å². The van der Waals surface area contributed by atoms with Gasteiger partial charge in [0.1, 0.15) is 0 Å². The maximum Gasteiger partial charge on any atom is 0.416 e. The van der Waals surface area contributed by atoms with Crippen molar-refractivity contribution in [3.8, 4) is 0 Å². The Kier molecular flexibility index (Phi) is 9.60. The van der Waals surface area contributed by atoms with Crippen LogP contribution in [0, 0.1) is 0 Å². The molecule has 1 saturated heterocycles. The van der Waals surface area contributed by atoms with Crippen molar-refractivity contribution >= 4 is 35.0 Å². The Hall–Kier alpha value is -4.11. The summed E-state index contributed by atoms with van der Waals surface area (Å²) in [4.78, 5) is 28.0.